The predicted molar refractivity (Wildman–Crippen MR) is 56.0 cm³/mol. The van der Waals surface area contributed by atoms with Crippen LogP contribution in [0.2, 0.25) is 0 Å². The van der Waals surface area contributed by atoms with E-state index in [4.69, 9.17) is 15.5 Å². The van der Waals surface area contributed by atoms with Gasteiger partial charge in [0.2, 0.25) is 0 Å². The minimum atomic E-state index is -3.93. The lowest BCUT2D eigenvalue weighted by molar-refractivity contribution is 0.293. The van der Waals surface area contributed by atoms with E-state index in [-0.39, 0.29) is 11.6 Å². The zero-order chi connectivity index (χ0) is 11.0. The second kappa shape index (κ2) is 3.93. The molecule has 3 atom stereocenters. The topological polar surface area (TPSA) is 83.6 Å². The Morgan fingerprint density at radius 3 is 2.07 bits per heavy atom. The van der Waals surface area contributed by atoms with Crippen molar-refractivity contribution in [2.45, 2.75) is 26.7 Å². The summed E-state index contributed by atoms with van der Waals surface area (Å²) in [6, 6.07) is 0. The van der Waals surface area contributed by atoms with Crippen molar-refractivity contribution in [1.82, 2.24) is 0 Å². The molecule has 4 nitrogen and oxygen atoms in total. The van der Waals surface area contributed by atoms with Crippen LogP contribution in [0.25, 0.3) is 0 Å². The Labute approximate surface area is 85.0 Å². The molecule has 14 heavy (non-hydrogen) atoms. The van der Waals surface area contributed by atoms with Crippen molar-refractivity contribution in [2.75, 3.05) is 12.7 Å². The van der Waals surface area contributed by atoms with Crippen LogP contribution in [-0.2, 0) is 4.57 Å². The lowest BCUT2D eigenvalue weighted by Crippen LogP contribution is -2.31. The van der Waals surface area contributed by atoms with E-state index in [1.54, 1.807) is 0 Å². The summed E-state index contributed by atoms with van der Waals surface area (Å²) < 4.78 is 11.0. The van der Waals surface area contributed by atoms with E-state index in [9.17, 15) is 4.57 Å². The molecule has 1 rings (SSSR count). The van der Waals surface area contributed by atoms with Gasteiger partial charge in [-0.25, -0.2) is 0 Å². The van der Waals surface area contributed by atoms with Gasteiger partial charge in [0.05, 0.1) is 6.16 Å². The molecule has 84 valence electrons. The van der Waals surface area contributed by atoms with Gasteiger partial charge in [0.15, 0.2) is 0 Å². The fraction of sp³-hybridized carbons (Fsp3) is 1.00. The fourth-order valence-corrected chi connectivity index (χ4v) is 3.91. The number of hydrogen-bond donors (Lipinski definition) is 3. The summed E-state index contributed by atoms with van der Waals surface area (Å²) in [7, 11) is -3.93. The number of nitrogens with two attached hydrogens (primary N) is 1. The summed E-state index contributed by atoms with van der Waals surface area (Å²) in [5.41, 5.74) is 5.34. The molecule has 1 aliphatic carbocycles. The van der Waals surface area contributed by atoms with Crippen LogP contribution in [0.1, 0.15) is 26.7 Å². The van der Waals surface area contributed by atoms with Crippen LogP contribution < -0.4 is 5.73 Å². The first-order valence-electron chi connectivity index (χ1n) is 5.03. The summed E-state index contributed by atoms with van der Waals surface area (Å²) in [4.78, 5) is 18.0. The summed E-state index contributed by atoms with van der Waals surface area (Å²) in [5, 5.41) is 0. The molecule has 1 fully saturated rings. The quantitative estimate of drug-likeness (QED) is 0.625. The van der Waals surface area contributed by atoms with Gasteiger partial charge >= 0.3 is 7.60 Å². The molecular formula is C9H20NO3P. The molecule has 0 radical (unpaired) electrons. The van der Waals surface area contributed by atoms with Crippen molar-refractivity contribution in [3.8, 4) is 0 Å². The van der Waals surface area contributed by atoms with Crippen LogP contribution in [0.3, 0.4) is 0 Å². The smallest absolute Gasteiger partial charge is 0.326 e. The molecule has 0 aromatic heterocycles. The van der Waals surface area contributed by atoms with Crippen LogP contribution in [-0.4, -0.2) is 22.5 Å². The normalized spacial score (nSPS) is 38.9. The van der Waals surface area contributed by atoms with Crippen LogP contribution in [0.5, 0.6) is 0 Å². The second-order valence-corrected chi connectivity index (χ2v) is 6.54. The average Bonchev–Trinajstić information content (AvgIpc) is 2.25. The lowest BCUT2D eigenvalue weighted by Gasteiger charge is -2.27. The van der Waals surface area contributed by atoms with Gasteiger partial charge in [-0.15, -0.1) is 0 Å². The minimum absolute atomic E-state index is 0.0504. The first-order chi connectivity index (χ1) is 6.28. The van der Waals surface area contributed by atoms with Crippen molar-refractivity contribution in [1.29, 1.82) is 0 Å². The first kappa shape index (κ1) is 12.2. The summed E-state index contributed by atoms with van der Waals surface area (Å²) in [5.74, 6) is 1.04. The Bertz CT molecular complexity index is 240. The third-order valence-electron chi connectivity index (χ3n) is 3.46. The van der Waals surface area contributed by atoms with Crippen molar-refractivity contribution >= 4 is 7.60 Å². The van der Waals surface area contributed by atoms with E-state index in [0.717, 1.165) is 12.8 Å². The third-order valence-corrected chi connectivity index (χ3v) is 4.54. The average molecular weight is 221 g/mol. The van der Waals surface area contributed by atoms with Gasteiger partial charge in [0.25, 0.3) is 0 Å². The van der Waals surface area contributed by atoms with Crippen molar-refractivity contribution in [2.24, 2.45) is 23.0 Å². The number of hydrogen-bond acceptors (Lipinski definition) is 2. The van der Waals surface area contributed by atoms with Gasteiger partial charge in [0.1, 0.15) is 0 Å². The highest BCUT2D eigenvalue weighted by Gasteiger charge is 2.44. The molecule has 0 saturated heterocycles. The highest BCUT2D eigenvalue weighted by atomic mass is 31.2. The molecule has 0 aromatic carbocycles. The molecule has 0 aliphatic heterocycles. The van der Waals surface area contributed by atoms with Gasteiger partial charge < -0.3 is 15.5 Å². The monoisotopic (exact) mass is 221 g/mol. The largest absolute Gasteiger partial charge is 0.330 e. The van der Waals surface area contributed by atoms with Crippen LogP contribution in [0, 0.1) is 17.3 Å². The molecule has 1 saturated carbocycles. The van der Waals surface area contributed by atoms with Crippen molar-refractivity contribution < 1.29 is 14.4 Å². The van der Waals surface area contributed by atoms with Gasteiger partial charge in [-0.2, -0.15) is 0 Å². The van der Waals surface area contributed by atoms with Crippen molar-refractivity contribution in [3.63, 3.8) is 0 Å². The molecule has 4 N–H and O–H groups in total. The zero-order valence-electron chi connectivity index (χ0n) is 8.81. The van der Waals surface area contributed by atoms with E-state index in [2.05, 4.69) is 13.8 Å². The Morgan fingerprint density at radius 2 is 1.79 bits per heavy atom. The highest BCUT2D eigenvalue weighted by molar-refractivity contribution is 7.51. The molecule has 0 unspecified atom stereocenters. The maximum absolute atomic E-state index is 11.0. The van der Waals surface area contributed by atoms with E-state index >= 15 is 0 Å². The molecule has 0 heterocycles. The number of rotatable bonds is 3. The maximum atomic E-state index is 11.0. The van der Waals surface area contributed by atoms with Crippen LogP contribution in [0.4, 0.5) is 0 Å². The molecule has 5 heteroatoms. The minimum Gasteiger partial charge on any atom is -0.330 e. The molecule has 0 aromatic rings. The van der Waals surface area contributed by atoms with Crippen molar-refractivity contribution in [3.05, 3.63) is 0 Å². The van der Waals surface area contributed by atoms with Gasteiger partial charge in [-0.1, -0.05) is 13.8 Å². The fourth-order valence-electron chi connectivity index (χ4n) is 2.65. The van der Waals surface area contributed by atoms with Crippen LogP contribution in [0.15, 0.2) is 0 Å². The highest BCUT2D eigenvalue weighted by Crippen LogP contribution is 2.52. The molecule has 1 aliphatic rings. The van der Waals surface area contributed by atoms with Gasteiger partial charge in [-0.05, 0) is 36.6 Å². The molecule has 0 bridgehead atoms. The first-order valence-corrected chi connectivity index (χ1v) is 6.82. The summed E-state index contributed by atoms with van der Waals surface area (Å²) >= 11 is 0. The Morgan fingerprint density at radius 1 is 1.36 bits per heavy atom. The van der Waals surface area contributed by atoms with E-state index in [1.165, 1.54) is 0 Å². The Balaban J connectivity index is 2.75. The standard InChI is InChI=1S/C9H20NO3P/c1-7-3-9(5-10,4-8(7)2)6-14(11,12)13/h7-8H,3-6,10H2,1-2H3,(H2,11,12,13)/t7-,8+,9-. The summed E-state index contributed by atoms with van der Waals surface area (Å²) in [6.07, 6.45) is 1.64. The molecule has 0 spiro atoms. The molecular weight excluding hydrogens is 201 g/mol. The maximum Gasteiger partial charge on any atom is 0.326 e. The SMILES string of the molecule is C[C@@H]1C[C@@](CN)(CP(=O)(O)O)C[C@@H]1C. The van der Waals surface area contributed by atoms with Gasteiger partial charge in [0, 0.05) is 0 Å². The second-order valence-electron chi connectivity index (χ2n) is 4.89. The third kappa shape index (κ3) is 2.80. The lowest BCUT2D eigenvalue weighted by atomic mass is 9.87. The van der Waals surface area contributed by atoms with E-state index in [0.29, 0.717) is 18.4 Å². The van der Waals surface area contributed by atoms with E-state index < -0.39 is 7.60 Å². The van der Waals surface area contributed by atoms with E-state index in [1.807, 2.05) is 0 Å². The molecule has 0 amide bonds. The van der Waals surface area contributed by atoms with Crippen LogP contribution >= 0.6 is 7.60 Å². The predicted octanol–water partition coefficient (Wildman–Crippen LogP) is 1.18. The Hall–Kier alpha value is 0.110. The summed E-state index contributed by atoms with van der Waals surface area (Å²) in [6.45, 7) is 4.64. The van der Waals surface area contributed by atoms with Gasteiger partial charge in [-0.3, -0.25) is 4.57 Å². The zero-order valence-corrected chi connectivity index (χ0v) is 9.70. The Kier molecular flexibility index (Phi) is 3.42.